The van der Waals surface area contributed by atoms with Crippen LogP contribution < -0.4 is 5.32 Å². The van der Waals surface area contributed by atoms with E-state index in [9.17, 15) is 4.79 Å². The number of nitrogens with zero attached hydrogens (tertiary/aromatic N) is 2. The Hall–Kier alpha value is -1.07. The summed E-state index contributed by atoms with van der Waals surface area (Å²) in [5, 5.41) is 3.02. The standard InChI is InChI=1S/C17H24BrN3O/c1-13-10-15(4-5-16(13)18)19-17(22)21-9-6-14(12-21)11-20-7-2-3-8-20/h4-5,10,14H,2-3,6-9,11-12H2,1H3,(H,19,22)/t14-/m0/s1. The first-order valence-electron chi connectivity index (χ1n) is 8.16. The van der Waals surface area contributed by atoms with Gasteiger partial charge in [0, 0.05) is 29.8 Å². The van der Waals surface area contributed by atoms with E-state index in [-0.39, 0.29) is 6.03 Å². The summed E-state index contributed by atoms with van der Waals surface area (Å²) >= 11 is 3.48. The average Bonchev–Trinajstić information content (AvgIpc) is 3.15. The van der Waals surface area contributed by atoms with Gasteiger partial charge in [0.1, 0.15) is 0 Å². The molecule has 0 bridgehead atoms. The van der Waals surface area contributed by atoms with Gasteiger partial charge in [0.2, 0.25) is 0 Å². The number of carbonyl (C=O) groups excluding carboxylic acids is 1. The maximum atomic E-state index is 12.4. The lowest BCUT2D eigenvalue weighted by atomic mass is 10.1. The van der Waals surface area contributed by atoms with Crippen molar-refractivity contribution in [3.63, 3.8) is 0 Å². The van der Waals surface area contributed by atoms with Crippen molar-refractivity contribution in [2.45, 2.75) is 26.2 Å². The fourth-order valence-electron chi connectivity index (χ4n) is 3.42. The van der Waals surface area contributed by atoms with E-state index in [2.05, 4.69) is 26.1 Å². The smallest absolute Gasteiger partial charge is 0.321 e. The molecule has 2 fully saturated rings. The van der Waals surface area contributed by atoms with E-state index < -0.39 is 0 Å². The number of hydrogen-bond acceptors (Lipinski definition) is 2. The first-order chi connectivity index (χ1) is 10.6. The van der Waals surface area contributed by atoms with Crippen LogP contribution >= 0.6 is 15.9 Å². The van der Waals surface area contributed by atoms with E-state index in [1.165, 1.54) is 25.9 Å². The summed E-state index contributed by atoms with van der Waals surface area (Å²) in [7, 11) is 0. The van der Waals surface area contributed by atoms with Crippen LogP contribution in [0.2, 0.25) is 0 Å². The number of hydrogen-bond donors (Lipinski definition) is 1. The number of likely N-dealkylation sites (tertiary alicyclic amines) is 2. The van der Waals surface area contributed by atoms with Gasteiger partial charge in [0.15, 0.2) is 0 Å². The van der Waals surface area contributed by atoms with E-state index in [1.807, 2.05) is 30.0 Å². The highest BCUT2D eigenvalue weighted by Gasteiger charge is 2.28. The topological polar surface area (TPSA) is 35.6 Å². The van der Waals surface area contributed by atoms with Crippen LogP contribution in [0.3, 0.4) is 0 Å². The monoisotopic (exact) mass is 365 g/mol. The summed E-state index contributed by atoms with van der Waals surface area (Å²) in [5.41, 5.74) is 2.00. The number of amides is 2. The van der Waals surface area contributed by atoms with Crippen molar-refractivity contribution in [3.8, 4) is 0 Å². The molecule has 2 amide bonds. The molecule has 5 heteroatoms. The summed E-state index contributed by atoms with van der Waals surface area (Å²) in [4.78, 5) is 16.9. The molecule has 3 rings (SSSR count). The second-order valence-electron chi connectivity index (χ2n) is 6.50. The molecular formula is C17H24BrN3O. The molecule has 0 radical (unpaired) electrons. The largest absolute Gasteiger partial charge is 0.324 e. The molecule has 120 valence electrons. The lowest BCUT2D eigenvalue weighted by Crippen LogP contribution is -2.34. The van der Waals surface area contributed by atoms with Gasteiger partial charge in [-0.05, 0) is 69.0 Å². The predicted molar refractivity (Wildman–Crippen MR) is 93.3 cm³/mol. The molecule has 1 atom stereocenters. The van der Waals surface area contributed by atoms with Crippen LogP contribution in [-0.4, -0.2) is 48.6 Å². The van der Waals surface area contributed by atoms with E-state index >= 15 is 0 Å². The maximum Gasteiger partial charge on any atom is 0.321 e. The Kier molecular flexibility index (Phi) is 5.03. The molecule has 4 nitrogen and oxygen atoms in total. The third-order valence-electron chi connectivity index (χ3n) is 4.70. The van der Waals surface area contributed by atoms with Gasteiger partial charge in [-0.1, -0.05) is 15.9 Å². The Morgan fingerprint density at radius 2 is 2.09 bits per heavy atom. The van der Waals surface area contributed by atoms with Gasteiger partial charge in [0.05, 0.1) is 0 Å². The van der Waals surface area contributed by atoms with E-state index in [0.29, 0.717) is 5.92 Å². The van der Waals surface area contributed by atoms with Gasteiger partial charge in [0.25, 0.3) is 0 Å². The molecule has 0 spiro atoms. The third kappa shape index (κ3) is 3.82. The van der Waals surface area contributed by atoms with Crippen molar-refractivity contribution in [2.24, 2.45) is 5.92 Å². The van der Waals surface area contributed by atoms with Crippen molar-refractivity contribution in [2.75, 3.05) is 38.0 Å². The number of halogens is 1. The number of nitrogens with one attached hydrogen (secondary N) is 1. The Bertz CT molecular complexity index is 543. The Labute approximate surface area is 141 Å². The minimum Gasteiger partial charge on any atom is -0.324 e. The van der Waals surface area contributed by atoms with E-state index in [1.54, 1.807) is 0 Å². The lowest BCUT2D eigenvalue weighted by Gasteiger charge is -2.21. The molecule has 1 aromatic rings. The third-order valence-corrected chi connectivity index (χ3v) is 5.59. The van der Waals surface area contributed by atoms with Crippen molar-refractivity contribution >= 4 is 27.6 Å². The molecule has 2 heterocycles. The van der Waals surface area contributed by atoms with Gasteiger partial charge in [-0.15, -0.1) is 0 Å². The second kappa shape index (κ2) is 7.01. The summed E-state index contributed by atoms with van der Waals surface area (Å²) in [6.45, 7) is 7.42. The lowest BCUT2D eigenvalue weighted by molar-refractivity contribution is 0.217. The Balaban J connectivity index is 1.51. The number of rotatable bonds is 3. The number of urea groups is 1. The number of anilines is 1. The minimum absolute atomic E-state index is 0.0330. The fraction of sp³-hybridized carbons (Fsp3) is 0.588. The fourth-order valence-corrected chi connectivity index (χ4v) is 3.67. The average molecular weight is 366 g/mol. The van der Waals surface area contributed by atoms with Gasteiger partial charge in [-0.2, -0.15) is 0 Å². The number of carbonyl (C=O) groups is 1. The summed E-state index contributed by atoms with van der Waals surface area (Å²) in [6.07, 6.45) is 3.79. The van der Waals surface area contributed by atoms with Crippen LogP contribution in [0.15, 0.2) is 22.7 Å². The van der Waals surface area contributed by atoms with E-state index in [0.717, 1.165) is 41.8 Å². The van der Waals surface area contributed by atoms with Crippen LogP contribution in [0.1, 0.15) is 24.8 Å². The van der Waals surface area contributed by atoms with Gasteiger partial charge in [-0.25, -0.2) is 4.79 Å². The minimum atomic E-state index is 0.0330. The van der Waals surface area contributed by atoms with Crippen LogP contribution in [-0.2, 0) is 0 Å². The number of benzene rings is 1. The second-order valence-corrected chi connectivity index (χ2v) is 7.36. The molecule has 2 aliphatic heterocycles. The van der Waals surface area contributed by atoms with Gasteiger partial charge in [-0.3, -0.25) is 0 Å². The van der Waals surface area contributed by atoms with Gasteiger partial charge >= 0.3 is 6.03 Å². The molecular weight excluding hydrogens is 342 g/mol. The quantitative estimate of drug-likeness (QED) is 0.885. The number of aryl methyl sites for hydroxylation is 1. The van der Waals surface area contributed by atoms with Crippen molar-refractivity contribution in [1.82, 2.24) is 9.80 Å². The van der Waals surface area contributed by atoms with Crippen LogP contribution in [0.4, 0.5) is 10.5 Å². The Morgan fingerprint density at radius 1 is 1.32 bits per heavy atom. The van der Waals surface area contributed by atoms with Crippen LogP contribution in [0, 0.1) is 12.8 Å². The molecule has 2 saturated heterocycles. The van der Waals surface area contributed by atoms with Gasteiger partial charge < -0.3 is 15.1 Å². The molecule has 0 aromatic heterocycles. The molecule has 1 aromatic carbocycles. The highest BCUT2D eigenvalue weighted by Crippen LogP contribution is 2.23. The zero-order valence-electron chi connectivity index (χ0n) is 13.1. The zero-order chi connectivity index (χ0) is 15.5. The first kappa shape index (κ1) is 15.8. The summed E-state index contributed by atoms with van der Waals surface area (Å²) < 4.78 is 1.07. The summed E-state index contributed by atoms with van der Waals surface area (Å²) in [6, 6.07) is 5.95. The van der Waals surface area contributed by atoms with Crippen LogP contribution in [0.25, 0.3) is 0 Å². The molecule has 2 aliphatic rings. The van der Waals surface area contributed by atoms with E-state index in [4.69, 9.17) is 0 Å². The molecule has 0 aliphatic carbocycles. The predicted octanol–water partition coefficient (Wildman–Crippen LogP) is 3.71. The van der Waals surface area contributed by atoms with Crippen molar-refractivity contribution in [1.29, 1.82) is 0 Å². The highest BCUT2D eigenvalue weighted by atomic mass is 79.9. The highest BCUT2D eigenvalue weighted by molar-refractivity contribution is 9.10. The molecule has 1 N–H and O–H groups in total. The SMILES string of the molecule is Cc1cc(NC(=O)N2CC[C@@H](CN3CCCC3)C2)ccc1Br. The molecule has 0 saturated carbocycles. The maximum absolute atomic E-state index is 12.4. The van der Waals surface area contributed by atoms with Crippen LogP contribution in [0.5, 0.6) is 0 Å². The normalized spacial score (nSPS) is 22.3. The molecule has 22 heavy (non-hydrogen) atoms. The van der Waals surface area contributed by atoms with Crippen molar-refractivity contribution < 1.29 is 4.79 Å². The Morgan fingerprint density at radius 3 is 2.82 bits per heavy atom. The summed E-state index contributed by atoms with van der Waals surface area (Å²) in [5.74, 6) is 0.635. The van der Waals surface area contributed by atoms with Crippen molar-refractivity contribution in [3.05, 3.63) is 28.2 Å². The zero-order valence-corrected chi connectivity index (χ0v) is 14.7. The molecule has 0 unspecified atom stereocenters. The first-order valence-corrected chi connectivity index (χ1v) is 8.95.